The highest BCUT2D eigenvalue weighted by Gasteiger charge is 2.07. The van der Waals surface area contributed by atoms with Crippen molar-refractivity contribution in [2.45, 2.75) is 49.0 Å². The van der Waals surface area contributed by atoms with Crippen LogP contribution in [0.3, 0.4) is 0 Å². The molecule has 54 heavy (non-hydrogen) atoms. The molecule has 0 spiro atoms. The van der Waals surface area contributed by atoms with E-state index in [9.17, 15) is 9.59 Å². The highest BCUT2D eigenvalue weighted by Crippen LogP contribution is 2.12. The van der Waals surface area contributed by atoms with E-state index in [-0.39, 0.29) is 25.7 Å². The van der Waals surface area contributed by atoms with Gasteiger partial charge in [0, 0.05) is 41.6 Å². The van der Waals surface area contributed by atoms with Crippen LogP contribution in [-0.4, -0.2) is 39.6 Å². The molecule has 1 amide bonds. The minimum atomic E-state index is -0.187. The fraction of sp³-hybridized carbons (Fsp3) is 0.174. The third kappa shape index (κ3) is 21.1. The van der Waals surface area contributed by atoms with Gasteiger partial charge in [0.2, 0.25) is 5.91 Å². The number of aromatic nitrogens is 2. The number of hydrogen-bond acceptors (Lipinski definition) is 5. The number of carbonyl (C=O) groups is 2. The molecule has 0 fully saturated rings. The summed E-state index contributed by atoms with van der Waals surface area (Å²) in [4.78, 5) is 38.3. The van der Waals surface area contributed by atoms with E-state index in [1.807, 2.05) is 173 Å². The summed E-state index contributed by atoms with van der Waals surface area (Å²) in [5, 5.41) is 1.09. The molecular weight excluding hydrogens is 711 g/mol. The van der Waals surface area contributed by atoms with E-state index in [1.54, 1.807) is 31.5 Å². The standard InChI is InChI=1S/C16H15NO.C15H13NO.2C5H4ClN.2C2H6.CH4/c1-13(18)12-17-16(14-8-4-2-5-9-14)15-10-6-3-7-11-15;1-12(17)16-15(13-8-4-2-5-9-13)14-10-6-3-7-11-14;2*6-5-3-1-2-4-7-5;2*1-2;/h2-11H,12H2,1H3;2-11H,1H3;2*1-4H;2*1-2H3;1H4. The van der Waals surface area contributed by atoms with Gasteiger partial charge in [0.25, 0.3) is 0 Å². The molecule has 0 aliphatic heterocycles. The van der Waals surface area contributed by atoms with E-state index < -0.39 is 0 Å². The third-order valence-corrected chi connectivity index (χ3v) is 6.62. The molecule has 0 N–H and O–H groups in total. The Kier molecular flexibility index (Phi) is 27.8. The van der Waals surface area contributed by atoms with Crippen LogP contribution < -0.4 is 0 Å². The molecule has 2 aromatic heterocycles. The predicted molar refractivity (Wildman–Crippen MR) is 231 cm³/mol. The molecule has 0 saturated carbocycles. The fourth-order valence-corrected chi connectivity index (χ4v) is 4.32. The van der Waals surface area contributed by atoms with Crippen molar-refractivity contribution in [3.8, 4) is 0 Å². The zero-order valence-corrected chi connectivity index (χ0v) is 32.7. The summed E-state index contributed by atoms with van der Waals surface area (Å²) in [6.45, 7) is 11.2. The highest BCUT2D eigenvalue weighted by atomic mass is 35.5. The van der Waals surface area contributed by atoms with Crippen LogP contribution in [0.1, 0.15) is 71.2 Å². The minimum absolute atomic E-state index is 0. The SMILES string of the molecule is C.CC.CC.CC(=O)CN=C(c1ccccc1)c1ccccc1.CC(=O)N=C(c1ccccc1)c1ccccc1.Clc1ccccn1.Clc1ccccn1. The van der Waals surface area contributed by atoms with E-state index in [4.69, 9.17) is 23.2 Å². The molecule has 0 aliphatic rings. The van der Waals surface area contributed by atoms with Crippen molar-refractivity contribution in [3.63, 3.8) is 0 Å². The summed E-state index contributed by atoms with van der Waals surface area (Å²) in [5.41, 5.74) is 5.56. The average molecular weight is 764 g/mol. The number of Topliss-reactive ketones (excluding diaryl/α,β-unsaturated/α-hetero) is 1. The maximum atomic E-state index is 11.2. The van der Waals surface area contributed by atoms with Crippen molar-refractivity contribution in [2.24, 2.45) is 9.98 Å². The van der Waals surface area contributed by atoms with Gasteiger partial charge in [-0.05, 0) is 31.2 Å². The number of rotatable bonds is 6. The van der Waals surface area contributed by atoms with Crippen LogP contribution in [0, 0.1) is 0 Å². The number of pyridine rings is 2. The van der Waals surface area contributed by atoms with Crippen molar-refractivity contribution in [1.82, 2.24) is 9.97 Å². The van der Waals surface area contributed by atoms with E-state index in [0.717, 1.165) is 33.7 Å². The van der Waals surface area contributed by atoms with Crippen molar-refractivity contribution < 1.29 is 9.59 Å². The van der Waals surface area contributed by atoms with E-state index in [2.05, 4.69) is 20.0 Å². The molecule has 0 aliphatic carbocycles. The lowest BCUT2D eigenvalue weighted by molar-refractivity contribution is -0.116. The fourth-order valence-electron chi connectivity index (χ4n) is 4.06. The first-order valence-electron chi connectivity index (χ1n) is 17.3. The van der Waals surface area contributed by atoms with Crippen LogP contribution in [0.15, 0.2) is 180 Å². The molecule has 0 bridgehead atoms. The molecule has 0 saturated heterocycles. The number of amides is 1. The molecule has 2 heterocycles. The summed E-state index contributed by atoms with van der Waals surface area (Å²) in [7, 11) is 0. The van der Waals surface area contributed by atoms with E-state index in [0.29, 0.717) is 10.3 Å². The van der Waals surface area contributed by atoms with Gasteiger partial charge < -0.3 is 0 Å². The van der Waals surface area contributed by atoms with Crippen molar-refractivity contribution in [2.75, 3.05) is 6.54 Å². The third-order valence-electron chi connectivity index (χ3n) is 6.18. The van der Waals surface area contributed by atoms with Gasteiger partial charge in [-0.3, -0.25) is 14.6 Å². The van der Waals surface area contributed by atoms with E-state index >= 15 is 0 Å². The Hall–Kier alpha value is -5.56. The quantitative estimate of drug-likeness (QED) is 0.125. The first-order chi connectivity index (χ1) is 25.8. The summed E-state index contributed by atoms with van der Waals surface area (Å²) >= 11 is 10.9. The summed E-state index contributed by atoms with van der Waals surface area (Å²) in [6.07, 6.45) is 3.31. The van der Waals surface area contributed by atoms with Gasteiger partial charge in [0.05, 0.1) is 18.0 Å². The van der Waals surface area contributed by atoms with Crippen molar-refractivity contribution >= 4 is 46.3 Å². The molecule has 0 atom stereocenters. The lowest BCUT2D eigenvalue weighted by atomic mass is 10.0. The number of halogens is 2. The van der Waals surface area contributed by atoms with Crippen LogP contribution in [0.5, 0.6) is 0 Å². The second kappa shape index (κ2) is 31.0. The number of aliphatic imine (C=N–C) groups is 2. The smallest absolute Gasteiger partial charge is 0.243 e. The lowest BCUT2D eigenvalue weighted by Gasteiger charge is -2.06. The normalized spacial score (nSPS) is 8.81. The summed E-state index contributed by atoms with van der Waals surface area (Å²) < 4.78 is 0. The predicted octanol–water partition coefficient (Wildman–Crippen LogP) is 12.3. The molecule has 282 valence electrons. The van der Waals surface area contributed by atoms with Crippen LogP contribution in [0.2, 0.25) is 10.3 Å². The maximum absolute atomic E-state index is 11.2. The number of ketones is 1. The zero-order chi connectivity index (χ0) is 39.1. The second-order valence-electron chi connectivity index (χ2n) is 10.1. The summed E-state index contributed by atoms with van der Waals surface area (Å²) in [5.74, 6) is -0.118. The minimum Gasteiger partial charge on any atom is -0.298 e. The van der Waals surface area contributed by atoms with Gasteiger partial charge in [-0.15, -0.1) is 0 Å². The first kappa shape index (κ1) is 48.4. The number of benzene rings is 4. The Balaban J connectivity index is 0.000000716. The number of carbonyl (C=O) groups excluding carboxylic acids is 2. The van der Waals surface area contributed by atoms with Gasteiger partial charge >= 0.3 is 0 Å². The van der Waals surface area contributed by atoms with Crippen LogP contribution in [-0.2, 0) is 9.59 Å². The molecule has 6 aromatic rings. The Morgan fingerprint density at radius 3 is 1.00 bits per heavy atom. The Morgan fingerprint density at radius 1 is 0.481 bits per heavy atom. The van der Waals surface area contributed by atoms with Gasteiger partial charge in [-0.2, -0.15) is 0 Å². The monoisotopic (exact) mass is 762 g/mol. The molecule has 6 rings (SSSR count). The molecular formula is C46H52Cl2N4O2. The van der Waals surface area contributed by atoms with Gasteiger partial charge in [0.1, 0.15) is 10.3 Å². The number of nitrogens with zero attached hydrogens (tertiary/aromatic N) is 4. The maximum Gasteiger partial charge on any atom is 0.243 e. The van der Waals surface area contributed by atoms with Gasteiger partial charge in [-0.25, -0.2) is 15.0 Å². The topological polar surface area (TPSA) is 84.6 Å². The molecule has 4 aromatic carbocycles. The van der Waals surface area contributed by atoms with Gasteiger partial charge in [0.15, 0.2) is 5.78 Å². The molecule has 8 heteroatoms. The lowest BCUT2D eigenvalue weighted by Crippen LogP contribution is -2.06. The van der Waals surface area contributed by atoms with Crippen LogP contribution in [0.25, 0.3) is 0 Å². The molecule has 6 nitrogen and oxygen atoms in total. The average Bonchev–Trinajstić information content (AvgIpc) is 3.21. The Labute approximate surface area is 332 Å². The largest absolute Gasteiger partial charge is 0.298 e. The Bertz CT molecular complexity index is 1750. The second-order valence-corrected chi connectivity index (χ2v) is 10.9. The Morgan fingerprint density at radius 2 is 0.778 bits per heavy atom. The van der Waals surface area contributed by atoms with Crippen molar-refractivity contribution in [3.05, 3.63) is 203 Å². The highest BCUT2D eigenvalue weighted by molar-refractivity contribution is 6.29. The van der Waals surface area contributed by atoms with E-state index in [1.165, 1.54) is 6.92 Å². The molecule has 0 unspecified atom stereocenters. The van der Waals surface area contributed by atoms with Crippen molar-refractivity contribution in [1.29, 1.82) is 0 Å². The first-order valence-corrected chi connectivity index (χ1v) is 18.1. The van der Waals surface area contributed by atoms with Crippen LogP contribution >= 0.6 is 23.2 Å². The zero-order valence-electron chi connectivity index (χ0n) is 31.2. The van der Waals surface area contributed by atoms with Crippen LogP contribution in [0.4, 0.5) is 0 Å². The number of hydrogen-bond donors (Lipinski definition) is 0. The summed E-state index contributed by atoms with van der Waals surface area (Å²) in [6, 6.07) is 50.1. The molecule has 0 radical (unpaired) electrons. The van der Waals surface area contributed by atoms with Gasteiger partial charge in [-0.1, -0.05) is 192 Å².